The number of aromatic nitrogens is 4. The summed E-state index contributed by atoms with van der Waals surface area (Å²) >= 11 is 0. The Balaban J connectivity index is 1.23. The number of fused-ring (bicyclic) bond motifs is 5. The second-order valence-electron chi connectivity index (χ2n) is 14.0. The number of para-hydroxylation sites is 1. The average molecular weight is 733 g/mol. The summed E-state index contributed by atoms with van der Waals surface area (Å²) in [6, 6.07) is 58.5. The van der Waals surface area contributed by atoms with Crippen LogP contribution in [0, 0.1) is 0 Å². The summed E-state index contributed by atoms with van der Waals surface area (Å²) in [6.45, 7) is 6.11. The first kappa shape index (κ1) is 33.9. The van der Waals surface area contributed by atoms with Gasteiger partial charge in [0.15, 0.2) is 23.1 Å². The average Bonchev–Trinajstić information content (AvgIpc) is 3.82. The van der Waals surface area contributed by atoms with Crippen LogP contribution in [0.4, 0.5) is 0 Å². The molecule has 5 heteroatoms. The lowest BCUT2D eigenvalue weighted by atomic mass is 9.93. The zero-order valence-corrected chi connectivity index (χ0v) is 31.3. The highest BCUT2D eigenvalue weighted by Gasteiger charge is 2.20. The van der Waals surface area contributed by atoms with E-state index in [1.54, 1.807) is 0 Å². The van der Waals surface area contributed by atoms with E-state index in [1.807, 2.05) is 78.9 Å². The minimum Gasteiger partial charge on any atom is -0.454 e. The van der Waals surface area contributed by atoms with Crippen LogP contribution in [0.1, 0.15) is 6.92 Å². The smallest absolute Gasteiger partial charge is 0.164 e. The van der Waals surface area contributed by atoms with Gasteiger partial charge in [-0.25, -0.2) is 15.0 Å². The second kappa shape index (κ2) is 14.2. The zero-order valence-electron chi connectivity index (χ0n) is 31.3. The molecule has 0 radical (unpaired) electrons. The number of rotatable bonds is 7. The maximum atomic E-state index is 6.82. The zero-order chi connectivity index (χ0) is 38.3. The lowest BCUT2D eigenvalue weighted by Gasteiger charge is -2.14. The van der Waals surface area contributed by atoms with Crippen LogP contribution in [-0.2, 0) is 0 Å². The van der Waals surface area contributed by atoms with Crippen LogP contribution in [-0.4, -0.2) is 19.5 Å². The van der Waals surface area contributed by atoms with Crippen LogP contribution >= 0.6 is 0 Å². The van der Waals surface area contributed by atoms with E-state index in [-0.39, 0.29) is 0 Å². The van der Waals surface area contributed by atoms with E-state index in [9.17, 15) is 0 Å². The Kier molecular flexibility index (Phi) is 8.46. The van der Waals surface area contributed by atoms with Gasteiger partial charge in [-0.1, -0.05) is 158 Å². The Morgan fingerprint density at radius 2 is 1.09 bits per heavy atom. The van der Waals surface area contributed by atoms with Gasteiger partial charge in [-0.05, 0) is 65.6 Å². The topological polar surface area (TPSA) is 56.7 Å². The third kappa shape index (κ3) is 5.94. The molecular weight excluding hydrogens is 697 g/mol. The Morgan fingerprint density at radius 3 is 1.72 bits per heavy atom. The van der Waals surface area contributed by atoms with Crippen LogP contribution in [0.5, 0.6) is 0 Å². The molecule has 10 rings (SSSR count). The molecule has 0 bridgehead atoms. The van der Waals surface area contributed by atoms with E-state index >= 15 is 0 Å². The number of hydrogen-bond acceptors (Lipinski definition) is 4. The highest BCUT2D eigenvalue weighted by molar-refractivity contribution is 6.15. The van der Waals surface area contributed by atoms with Crippen LogP contribution < -0.4 is 10.6 Å². The summed E-state index contributed by atoms with van der Waals surface area (Å²) in [5, 5.41) is 5.39. The fourth-order valence-corrected chi connectivity index (χ4v) is 7.95. The van der Waals surface area contributed by atoms with Crippen molar-refractivity contribution in [3.8, 4) is 62.1 Å². The molecule has 10 aromatic rings. The lowest BCUT2D eigenvalue weighted by Crippen LogP contribution is -2.27. The second-order valence-corrected chi connectivity index (χ2v) is 14.0. The van der Waals surface area contributed by atoms with Gasteiger partial charge in [-0.2, -0.15) is 0 Å². The van der Waals surface area contributed by atoms with E-state index in [0.717, 1.165) is 88.0 Å². The van der Waals surface area contributed by atoms with E-state index in [1.165, 1.54) is 0 Å². The summed E-state index contributed by atoms with van der Waals surface area (Å²) in [7, 11) is 0. The Hall–Kier alpha value is -7.63. The van der Waals surface area contributed by atoms with Gasteiger partial charge in [0.1, 0.15) is 5.58 Å². The van der Waals surface area contributed by atoms with E-state index in [4.69, 9.17) is 19.4 Å². The molecule has 0 aliphatic heterocycles. The van der Waals surface area contributed by atoms with Crippen molar-refractivity contribution in [2.75, 3.05) is 0 Å². The van der Waals surface area contributed by atoms with Crippen molar-refractivity contribution in [1.82, 2.24) is 19.5 Å². The fourth-order valence-electron chi connectivity index (χ4n) is 7.95. The molecule has 0 unspecified atom stereocenters. The summed E-state index contributed by atoms with van der Waals surface area (Å²) < 4.78 is 9.12. The number of hydrogen-bond donors (Lipinski definition) is 0. The SMILES string of the molecule is C=C/C=c1\c(=C/C)n(-c2ccccc2)c2c1ccc1c3cc(-c4ccc(-c5ccccc5)cc4-c4nc(-c5ccccc5)nc(-c5ccccc5)n4)ccc3oc12. The molecule has 0 spiro atoms. The number of benzene rings is 7. The van der Waals surface area contributed by atoms with Crippen LogP contribution in [0.15, 0.2) is 187 Å². The van der Waals surface area contributed by atoms with Crippen LogP contribution in [0.3, 0.4) is 0 Å². The maximum Gasteiger partial charge on any atom is 0.164 e. The molecule has 0 atom stereocenters. The van der Waals surface area contributed by atoms with E-state index in [2.05, 4.69) is 127 Å². The molecule has 5 nitrogen and oxygen atoms in total. The van der Waals surface area contributed by atoms with Crippen molar-refractivity contribution >= 4 is 45.0 Å². The highest BCUT2D eigenvalue weighted by atomic mass is 16.3. The van der Waals surface area contributed by atoms with E-state index in [0.29, 0.717) is 17.5 Å². The number of nitrogens with zero attached hydrogens (tertiary/aromatic N) is 4. The molecule has 0 amide bonds. The molecule has 7 aromatic carbocycles. The molecule has 57 heavy (non-hydrogen) atoms. The Labute approximate surface area is 329 Å². The lowest BCUT2D eigenvalue weighted by molar-refractivity contribution is 0.671. The Morgan fingerprint density at radius 1 is 0.509 bits per heavy atom. The summed E-state index contributed by atoms with van der Waals surface area (Å²) in [4.78, 5) is 15.3. The molecule has 3 heterocycles. The number of allylic oxidation sites excluding steroid dienone is 1. The Bertz CT molecular complexity index is 3180. The monoisotopic (exact) mass is 732 g/mol. The highest BCUT2D eigenvalue weighted by Crippen LogP contribution is 2.40. The first-order chi connectivity index (χ1) is 28.2. The molecule has 0 fully saturated rings. The van der Waals surface area contributed by atoms with Crippen molar-refractivity contribution in [2.24, 2.45) is 0 Å². The molecular formula is C52H36N4O. The minimum atomic E-state index is 0.601. The molecule has 0 aliphatic carbocycles. The minimum absolute atomic E-state index is 0.601. The van der Waals surface area contributed by atoms with Crippen molar-refractivity contribution in [1.29, 1.82) is 0 Å². The predicted molar refractivity (Wildman–Crippen MR) is 235 cm³/mol. The maximum absolute atomic E-state index is 6.82. The van der Waals surface area contributed by atoms with Gasteiger partial charge in [0.25, 0.3) is 0 Å². The quantitative estimate of drug-likeness (QED) is 0.164. The van der Waals surface area contributed by atoms with Gasteiger partial charge in [0.2, 0.25) is 0 Å². The van der Waals surface area contributed by atoms with Gasteiger partial charge in [-0.3, -0.25) is 0 Å². The third-order valence-corrected chi connectivity index (χ3v) is 10.6. The van der Waals surface area contributed by atoms with E-state index < -0.39 is 0 Å². The van der Waals surface area contributed by atoms with Crippen molar-refractivity contribution < 1.29 is 4.42 Å². The van der Waals surface area contributed by atoms with Crippen LogP contribution in [0.25, 0.3) is 107 Å². The summed E-state index contributed by atoms with van der Waals surface area (Å²) in [5.41, 5.74) is 10.7. The predicted octanol–water partition coefficient (Wildman–Crippen LogP) is 11.8. The first-order valence-corrected chi connectivity index (χ1v) is 19.1. The summed E-state index contributed by atoms with van der Waals surface area (Å²) in [5.74, 6) is 1.84. The standard InChI is InChI=1S/C52H36N4O/c1-3-17-41-42-29-30-43-44-33-38(27-31-47(44)57-49(43)48(42)56(46(41)4-2)39-24-15-8-16-25-39)40-28-26-37(34-18-9-5-10-19-34)32-45(40)52-54-50(35-20-11-6-12-21-35)53-51(55-52)36-22-13-7-14-23-36/h3-33H,1H2,2H3/b41-17-,46-4+. The fraction of sp³-hybridized carbons (Fsp3) is 0.0192. The normalized spacial score (nSPS) is 12.2. The number of furan rings is 1. The summed E-state index contributed by atoms with van der Waals surface area (Å²) in [6.07, 6.45) is 6.09. The van der Waals surface area contributed by atoms with Crippen molar-refractivity contribution in [3.63, 3.8) is 0 Å². The molecule has 0 N–H and O–H groups in total. The molecule has 3 aromatic heterocycles. The molecule has 0 saturated heterocycles. The van der Waals surface area contributed by atoms with Crippen LogP contribution in [0.2, 0.25) is 0 Å². The molecule has 270 valence electrons. The molecule has 0 saturated carbocycles. The van der Waals surface area contributed by atoms with Gasteiger partial charge in [-0.15, -0.1) is 0 Å². The first-order valence-electron chi connectivity index (χ1n) is 19.1. The molecule has 0 aliphatic rings. The van der Waals surface area contributed by atoms with Gasteiger partial charge < -0.3 is 8.98 Å². The largest absolute Gasteiger partial charge is 0.454 e. The van der Waals surface area contributed by atoms with Crippen molar-refractivity contribution in [2.45, 2.75) is 6.92 Å². The van der Waals surface area contributed by atoms with Crippen molar-refractivity contribution in [3.05, 3.63) is 193 Å². The van der Waals surface area contributed by atoms with Gasteiger partial charge in [0, 0.05) is 49.1 Å². The van der Waals surface area contributed by atoms with Gasteiger partial charge in [0.05, 0.1) is 5.52 Å². The van der Waals surface area contributed by atoms with Gasteiger partial charge >= 0.3 is 0 Å². The third-order valence-electron chi connectivity index (χ3n) is 10.6.